The number of ether oxygens (including phenoxy) is 1. The molecule has 0 aliphatic rings. The van der Waals surface area contributed by atoms with Crippen LogP contribution in [0.2, 0.25) is 0 Å². The van der Waals surface area contributed by atoms with Gasteiger partial charge in [0.05, 0.1) is 11.0 Å². The van der Waals surface area contributed by atoms with Crippen molar-refractivity contribution in [3.63, 3.8) is 0 Å². The first-order valence-electron chi connectivity index (χ1n) is 5.74. The van der Waals surface area contributed by atoms with E-state index in [0.717, 1.165) is 12.1 Å². The Bertz CT molecular complexity index is 646. The molecule has 0 fully saturated rings. The van der Waals surface area contributed by atoms with E-state index < -0.39 is 22.5 Å². The van der Waals surface area contributed by atoms with E-state index in [1.165, 1.54) is 12.3 Å². The number of aromatic nitrogens is 1. The van der Waals surface area contributed by atoms with Crippen LogP contribution in [0.25, 0.3) is 0 Å². The fraction of sp³-hybridized carbons (Fsp3) is 0.154. The molecule has 1 N–H and O–H groups in total. The standard InChI is InChI=1S/C13H11FN2O4/c1-8(17)10-3-2-6-15-13(10)20-9-4-5-12(16(18)19)11(14)7-9/h2-8,17H,1H3/t8-/m1/s1. The second-order valence-electron chi connectivity index (χ2n) is 4.05. The van der Waals surface area contributed by atoms with Gasteiger partial charge in [-0.3, -0.25) is 10.1 Å². The maximum atomic E-state index is 13.5. The number of nitro benzene ring substituents is 1. The number of hydrogen-bond donors (Lipinski definition) is 1. The first-order chi connectivity index (χ1) is 9.49. The molecule has 0 saturated carbocycles. The van der Waals surface area contributed by atoms with Crippen molar-refractivity contribution >= 4 is 5.69 Å². The molecule has 6 nitrogen and oxygen atoms in total. The second-order valence-corrected chi connectivity index (χ2v) is 4.05. The van der Waals surface area contributed by atoms with Crippen molar-refractivity contribution < 1.29 is 19.2 Å². The van der Waals surface area contributed by atoms with Gasteiger partial charge in [0.2, 0.25) is 11.7 Å². The summed E-state index contributed by atoms with van der Waals surface area (Å²) >= 11 is 0. The average Bonchev–Trinajstić information content (AvgIpc) is 2.38. The summed E-state index contributed by atoms with van der Waals surface area (Å²) in [6.07, 6.45) is 0.657. The maximum Gasteiger partial charge on any atom is 0.305 e. The molecule has 0 spiro atoms. The van der Waals surface area contributed by atoms with Crippen LogP contribution in [-0.2, 0) is 0 Å². The third-order valence-corrected chi connectivity index (χ3v) is 2.58. The molecule has 2 rings (SSSR count). The summed E-state index contributed by atoms with van der Waals surface area (Å²) in [5.41, 5.74) is -0.194. The molecule has 20 heavy (non-hydrogen) atoms. The molecule has 1 heterocycles. The third kappa shape index (κ3) is 2.89. The van der Waals surface area contributed by atoms with Crippen molar-refractivity contribution in [3.05, 3.63) is 58.0 Å². The van der Waals surface area contributed by atoms with Crippen LogP contribution in [0.4, 0.5) is 10.1 Å². The molecule has 7 heteroatoms. The van der Waals surface area contributed by atoms with Gasteiger partial charge in [0.1, 0.15) is 5.75 Å². The predicted octanol–water partition coefficient (Wildman–Crippen LogP) is 2.97. The van der Waals surface area contributed by atoms with Crippen molar-refractivity contribution in [2.45, 2.75) is 13.0 Å². The molecule has 1 aromatic carbocycles. The van der Waals surface area contributed by atoms with Gasteiger partial charge in [0.15, 0.2) is 0 Å². The van der Waals surface area contributed by atoms with Crippen LogP contribution in [0.15, 0.2) is 36.5 Å². The summed E-state index contributed by atoms with van der Waals surface area (Å²) in [4.78, 5) is 13.6. The van der Waals surface area contributed by atoms with E-state index in [4.69, 9.17) is 4.74 Å². The van der Waals surface area contributed by atoms with Crippen molar-refractivity contribution in [3.8, 4) is 11.6 Å². The normalized spacial score (nSPS) is 11.9. The van der Waals surface area contributed by atoms with E-state index in [0.29, 0.717) is 5.56 Å². The van der Waals surface area contributed by atoms with Gasteiger partial charge in [-0.05, 0) is 25.1 Å². The van der Waals surface area contributed by atoms with Crippen LogP contribution in [-0.4, -0.2) is 15.0 Å². The van der Waals surface area contributed by atoms with Crippen LogP contribution < -0.4 is 4.74 Å². The number of pyridine rings is 1. The maximum absolute atomic E-state index is 13.5. The largest absolute Gasteiger partial charge is 0.439 e. The summed E-state index contributed by atoms with van der Waals surface area (Å²) in [7, 11) is 0. The topological polar surface area (TPSA) is 85.5 Å². The lowest BCUT2D eigenvalue weighted by Crippen LogP contribution is -1.99. The van der Waals surface area contributed by atoms with Gasteiger partial charge in [-0.1, -0.05) is 0 Å². The van der Waals surface area contributed by atoms with E-state index in [1.807, 2.05) is 0 Å². The fourth-order valence-corrected chi connectivity index (χ4v) is 1.62. The van der Waals surface area contributed by atoms with E-state index in [-0.39, 0.29) is 11.6 Å². The predicted molar refractivity (Wildman–Crippen MR) is 68.0 cm³/mol. The SMILES string of the molecule is C[C@@H](O)c1cccnc1Oc1ccc([N+](=O)[O-])c(F)c1. The monoisotopic (exact) mass is 278 g/mol. The number of nitro groups is 1. The lowest BCUT2D eigenvalue weighted by atomic mass is 10.2. The van der Waals surface area contributed by atoms with Gasteiger partial charge < -0.3 is 9.84 Å². The highest BCUT2D eigenvalue weighted by molar-refractivity contribution is 5.40. The van der Waals surface area contributed by atoms with Gasteiger partial charge in [-0.2, -0.15) is 4.39 Å². The first-order valence-corrected chi connectivity index (χ1v) is 5.74. The zero-order valence-corrected chi connectivity index (χ0v) is 10.5. The molecule has 0 aliphatic heterocycles. The zero-order valence-electron chi connectivity index (χ0n) is 10.5. The Hall–Kier alpha value is -2.54. The Morgan fingerprint density at radius 2 is 2.20 bits per heavy atom. The van der Waals surface area contributed by atoms with Gasteiger partial charge in [-0.15, -0.1) is 0 Å². The fourth-order valence-electron chi connectivity index (χ4n) is 1.62. The molecular weight excluding hydrogens is 267 g/mol. The summed E-state index contributed by atoms with van der Waals surface area (Å²) < 4.78 is 18.8. The molecular formula is C13H11FN2O4. The van der Waals surface area contributed by atoms with E-state index in [9.17, 15) is 19.6 Å². The van der Waals surface area contributed by atoms with Gasteiger partial charge in [-0.25, -0.2) is 4.98 Å². The minimum Gasteiger partial charge on any atom is -0.439 e. The highest BCUT2D eigenvalue weighted by atomic mass is 19.1. The molecule has 0 bridgehead atoms. The van der Waals surface area contributed by atoms with Crippen LogP contribution in [0.5, 0.6) is 11.6 Å². The Kier molecular flexibility index (Phi) is 3.90. The lowest BCUT2D eigenvalue weighted by Gasteiger charge is -2.11. The molecule has 1 aromatic heterocycles. The molecule has 0 saturated heterocycles. The summed E-state index contributed by atoms with van der Waals surface area (Å²) in [6, 6.07) is 6.43. The summed E-state index contributed by atoms with van der Waals surface area (Å²) in [6.45, 7) is 1.54. The second kappa shape index (κ2) is 5.62. The molecule has 1 atom stereocenters. The first kappa shape index (κ1) is 13.9. The zero-order chi connectivity index (χ0) is 14.7. The van der Waals surface area contributed by atoms with E-state index in [1.54, 1.807) is 19.1 Å². The van der Waals surface area contributed by atoms with E-state index in [2.05, 4.69) is 4.98 Å². The molecule has 0 amide bonds. The minimum absolute atomic E-state index is 0.0636. The quantitative estimate of drug-likeness (QED) is 0.686. The molecule has 2 aromatic rings. The number of benzene rings is 1. The van der Waals surface area contributed by atoms with E-state index >= 15 is 0 Å². The van der Waals surface area contributed by atoms with Crippen molar-refractivity contribution in [1.82, 2.24) is 4.98 Å². The summed E-state index contributed by atoms with van der Waals surface area (Å²) in [5, 5.41) is 20.1. The smallest absolute Gasteiger partial charge is 0.305 e. The van der Waals surface area contributed by atoms with Crippen molar-refractivity contribution in [1.29, 1.82) is 0 Å². The number of nitrogens with zero attached hydrogens (tertiary/aromatic N) is 2. The molecule has 0 radical (unpaired) electrons. The van der Waals surface area contributed by atoms with Gasteiger partial charge >= 0.3 is 5.69 Å². The van der Waals surface area contributed by atoms with Crippen LogP contribution in [0.3, 0.4) is 0 Å². The van der Waals surface area contributed by atoms with Gasteiger partial charge in [0.25, 0.3) is 0 Å². The Morgan fingerprint density at radius 1 is 1.45 bits per heavy atom. The molecule has 0 unspecified atom stereocenters. The highest BCUT2D eigenvalue weighted by Crippen LogP contribution is 2.29. The number of aliphatic hydroxyl groups is 1. The van der Waals surface area contributed by atoms with Crippen molar-refractivity contribution in [2.24, 2.45) is 0 Å². The van der Waals surface area contributed by atoms with Gasteiger partial charge in [0, 0.05) is 23.9 Å². The Labute approximate surface area is 113 Å². The number of rotatable bonds is 4. The number of hydrogen-bond acceptors (Lipinski definition) is 5. The third-order valence-electron chi connectivity index (χ3n) is 2.58. The lowest BCUT2D eigenvalue weighted by molar-refractivity contribution is -0.387. The highest BCUT2D eigenvalue weighted by Gasteiger charge is 2.16. The Balaban J connectivity index is 2.31. The average molecular weight is 278 g/mol. The van der Waals surface area contributed by atoms with Crippen LogP contribution in [0.1, 0.15) is 18.6 Å². The minimum atomic E-state index is -0.998. The van der Waals surface area contributed by atoms with Crippen LogP contribution >= 0.6 is 0 Å². The van der Waals surface area contributed by atoms with Crippen LogP contribution in [0, 0.1) is 15.9 Å². The number of aliphatic hydroxyl groups excluding tert-OH is 1. The van der Waals surface area contributed by atoms with Crippen molar-refractivity contribution in [2.75, 3.05) is 0 Å². The molecule has 104 valence electrons. The molecule has 0 aliphatic carbocycles. The number of halogens is 1. The Morgan fingerprint density at radius 3 is 2.80 bits per heavy atom. The summed E-state index contributed by atoms with van der Waals surface area (Å²) in [5.74, 6) is -0.813.